The number of halogens is 2. The van der Waals surface area contributed by atoms with Gasteiger partial charge in [-0.3, -0.25) is 4.72 Å². The third-order valence-electron chi connectivity index (χ3n) is 2.70. The summed E-state index contributed by atoms with van der Waals surface area (Å²) < 4.78 is 50.7. The summed E-state index contributed by atoms with van der Waals surface area (Å²) in [6, 6.07) is 9.92. The number of hydrogen-bond acceptors (Lipinski definition) is 4. The third-order valence-corrected chi connectivity index (χ3v) is 6.17. The van der Waals surface area contributed by atoms with Gasteiger partial charge in [-0.05, 0) is 36.4 Å². The van der Waals surface area contributed by atoms with Gasteiger partial charge in [0.15, 0.2) is 9.84 Å². The minimum absolute atomic E-state index is 0.0228. The zero-order chi connectivity index (χ0) is 16.5. The van der Waals surface area contributed by atoms with E-state index in [1.807, 2.05) is 0 Å². The average Bonchev–Trinajstić information content (AvgIpc) is 2.36. The monoisotopic (exact) mass is 423 g/mol. The third kappa shape index (κ3) is 4.01. The zero-order valence-electron chi connectivity index (χ0n) is 11.2. The van der Waals surface area contributed by atoms with Crippen LogP contribution in [-0.2, 0) is 19.9 Å². The van der Waals surface area contributed by atoms with Gasteiger partial charge in [-0.25, -0.2) is 16.8 Å². The fourth-order valence-electron chi connectivity index (χ4n) is 1.69. The van der Waals surface area contributed by atoms with Crippen molar-refractivity contribution in [1.29, 1.82) is 0 Å². The summed E-state index contributed by atoms with van der Waals surface area (Å²) in [5.41, 5.74) is 0.141. The normalized spacial score (nSPS) is 12.1. The van der Waals surface area contributed by atoms with Crippen molar-refractivity contribution in [3.8, 4) is 0 Å². The van der Waals surface area contributed by atoms with Crippen molar-refractivity contribution in [1.82, 2.24) is 0 Å². The molecular weight excluding hydrogens is 414 g/mol. The summed E-state index contributed by atoms with van der Waals surface area (Å²) in [5, 5.41) is 0.0566. The maximum atomic E-state index is 12.3. The number of hydrogen-bond donors (Lipinski definition) is 1. The number of rotatable bonds is 4. The van der Waals surface area contributed by atoms with Gasteiger partial charge < -0.3 is 0 Å². The Labute approximate surface area is 142 Å². The molecule has 0 radical (unpaired) electrons. The highest BCUT2D eigenvalue weighted by molar-refractivity contribution is 9.10. The Bertz CT molecular complexity index is 927. The van der Waals surface area contributed by atoms with E-state index in [-0.39, 0.29) is 20.5 Å². The van der Waals surface area contributed by atoms with Gasteiger partial charge in [0, 0.05) is 10.7 Å². The van der Waals surface area contributed by atoms with E-state index in [2.05, 4.69) is 20.7 Å². The Morgan fingerprint density at radius 1 is 1.05 bits per heavy atom. The van der Waals surface area contributed by atoms with Crippen LogP contribution in [0.15, 0.2) is 56.7 Å². The van der Waals surface area contributed by atoms with Crippen LogP contribution in [0.25, 0.3) is 0 Å². The Kier molecular flexibility index (Phi) is 4.86. The highest BCUT2D eigenvalue weighted by atomic mass is 79.9. The molecule has 2 aromatic carbocycles. The molecule has 2 aromatic rings. The lowest BCUT2D eigenvalue weighted by molar-refractivity contribution is 0.599. The maximum Gasteiger partial charge on any atom is 0.263 e. The number of sulfonamides is 1. The van der Waals surface area contributed by atoms with Crippen molar-refractivity contribution in [3.63, 3.8) is 0 Å². The van der Waals surface area contributed by atoms with E-state index in [9.17, 15) is 16.8 Å². The lowest BCUT2D eigenvalue weighted by Crippen LogP contribution is -2.13. The average molecular weight is 425 g/mol. The lowest BCUT2D eigenvalue weighted by atomic mass is 10.3. The largest absolute Gasteiger partial charge is 0.280 e. The van der Waals surface area contributed by atoms with E-state index in [1.54, 1.807) is 6.07 Å². The van der Waals surface area contributed by atoms with Crippen molar-refractivity contribution in [3.05, 3.63) is 52.0 Å². The summed E-state index contributed by atoms with van der Waals surface area (Å²) in [7, 11) is -7.35. The first-order chi connectivity index (χ1) is 10.1. The molecule has 0 fully saturated rings. The molecule has 9 heteroatoms. The number of anilines is 1. The van der Waals surface area contributed by atoms with Crippen LogP contribution in [0.3, 0.4) is 0 Å². The van der Waals surface area contributed by atoms with Gasteiger partial charge >= 0.3 is 0 Å². The molecule has 0 amide bonds. The summed E-state index contributed by atoms with van der Waals surface area (Å²) >= 11 is 9.13. The highest BCUT2D eigenvalue weighted by Gasteiger charge is 2.19. The molecule has 0 atom stereocenters. The molecular formula is C13H11BrClNO4S2. The molecule has 0 aromatic heterocycles. The number of benzene rings is 2. The summed E-state index contributed by atoms with van der Waals surface area (Å²) in [6.45, 7) is 0. The maximum absolute atomic E-state index is 12.3. The van der Waals surface area contributed by atoms with Crippen LogP contribution < -0.4 is 4.72 Å². The molecule has 0 unspecified atom stereocenters. The second kappa shape index (κ2) is 6.19. The summed E-state index contributed by atoms with van der Waals surface area (Å²) in [4.78, 5) is -0.0725. The van der Waals surface area contributed by atoms with Crippen molar-refractivity contribution >= 4 is 53.1 Å². The Hall–Kier alpha value is -1.09. The predicted octanol–water partition coefficient (Wildman–Crippen LogP) is 3.31. The van der Waals surface area contributed by atoms with Crippen LogP contribution in [0.2, 0.25) is 5.02 Å². The van der Waals surface area contributed by atoms with E-state index < -0.39 is 19.9 Å². The molecule has 5 nitrogen and oxygen atoms in total. The van der Waals surface area contributed by atoms with E-state index >= 15 is 0 Å². The van der Waals surface area contributed by atoms with Gasteiger partial charge in [0.1, 0.15) is 4.90 Å². The fourth-order valence-corrected chi connectivity index (χ4v) is 4.45. The number of nitrogens with one attached hydrogen (secondary N) is 1. The van der Waals surface area contributed by atoms with E-state index in [4.69, 9.17) is 11.6 Å². The molecule has 0 saturated carbocycles. The Balaban J connectivity index is 2.41. The zero-order valence-corrected chi connectivity index (χ0v) is 15.2. The topological polar surface area (TPSA) is 80.3 Å². The first-order valence-corrected chi connectivity index (χ1v) is 10.4. The lowest BCUT2D eigenvalue weighted by Gasteiger charge is -2.10. The first-order valence-electron chi connectivity index (χ1n) is 5.87. The van der Waals surface area contributed by atoms with Gasteiger partial charge in [-0.1, -0.05) is 33.6 Å². The van der Waals surface area contributed by atoms with Gasteiger partial charge in [-0.2, -0.15) is 0 Å². The van der Waals surface area contributed by atoms with Crippen molar-refractivity contribution < 1.29 is 16.8 Å². The molecule has 2 rings (SSSR count). The molecule has 0 aliphatic carbocycles. The molecule has 1 N–H and O–H groups in total. The highest BCUT2D eigenvalue weighted by Crippen LogP contribution is 2.27. The minimum Gasteiger partial charge on any atom is -0.280 e. The van der Waals surface area contributed by atoms with Crippen molar-refractivity contribution in [2.75, 3.05) is 11.0 Å². The van der Waals surface area contributed by atoms with E-state index in [0.717, 1.165) is 6.26 Å². The van der Waals surface area contributed by atoms with E-state index in [0.29, 0.717) is 4.47 Å². The van der Waals surface area contributed by atoms with Crippen LogP contribution in [0.1, 0.15) is 0 Å². The molecule has 0 bridgehead atoms. The number of sulfone groups is 1. The van der Waals surface area contributed by atoms with Gasteiger partial charge in [-0.15, -0.1) is 0 Å². The molecule has 0 spiro atoms. The molecule has 0 aliphatic heterocycles. The first kappa shape index (κ1) is 17.3. The minimum atomic E-state index is -3.92. The Morgan fingerprint density at radius 3 is 2.32 bits per heavy atom. The predicted molar refractivity (Wildman–Crippen MR) is 89.5 cm³/mol. The standard InChI is InChI=1S/C13H11BrClNO4S2/c1-21(17,18)11-4-2-3-10(8-11)16-22(19,20)13-6-5-9(14)7-12(13)15/h2-8,16H,1H3. The second-order valence-electron chi connectivity index (χ2n) is 4.48. The molecule has 0 heterocycles. The summed E-state index contributed by atoms with van der Waals surface area (Å²) in [6.07, 6.45) is 1.05. The van der Waals surface area contributed by atoms with E-state index in [1.165, 1.54) is 36.4 Å². The fraction of sp³-hybridized carbons (Fsp3) is 0.0769. The van der Waals surface area contributed by atoms with Crippen LogP contribution in [0.4, 0.5) is 5.69 Å². The molecule has 22 heavy (non-hydrogen) atoms. The summed E-state index contributed by atoms with van der Waals surface area (Å²) in [5.74, 6) is 0. The van der Waals surface area contributed by atoms with Crippen LogP contribution in [0, 0.1) is 0 Å². The van der Waals surface area contributed by atoms with Gasteiger partial charge in [0.2, 0.25) is 0 Å². The van der Waals surface area contributed by atoms with Gasteiger partial charge in [0.05, 0.1) is 15.6 Å². The molecule has 0 saturated heterocycles. The Morgan fingerprint density at radius 2 is 1.73 bits per heavy atom. The molecule has 118 valence electrons. The quantitative estimate of drug-likeness (QED) is 0.816. The van der Waals surface area contributed by atoms with Crippen LogP contribution in [0.5, 0.6) is 0 Å². The SMILES string of the molecule is CS(=O)(=O)c1cccc(NS(=O)(=O)c2ccc(Br)cc2Cl)c1. The van der Waals surface area contributed by atoms with Crippen LogP contribution >= 0.6 is 27.5 Å². The van der Waals surface area contributed by atoms with Crippen molar-refractivity contribution in [2.45, 2.75) is 9.79 Å². The smallest absolute Gasteiger partial charge is 0.263 e. The second-order valence-corrected chi connectivity index (χ2v) is 9.47. The molecule has 0 aliphatic rings. The van der Waals surface area contributed by atoms with Gasteiger partial charge in [0.25, 0.3) is 10.0 Å². The van der Waals surface area contributed by atoms with Crippen LogP contribution in [-0.4, -0.2) is 23.1 Å². The van der Waals surface area contributed by atoms with Crippen molar-refractivity contribution in [2.24, 2.45) is 0 Å².